The van der Waals surface area contributed by atoms with Crippen molar-refractivity contribution in [1.82, 2.24) is 5.32 Å². The van der Waals surface area contributed by atoms with Gasteiger partial charge in [0.1, 0.15) is 0 Å². The summed E-state index contributed by atoms with van der Waals surface area (Å²) < 4.78 is 23.3. The van der Waals surface area contributed by atoms with Crippen LogP contribution in [-0.2, 0) is 14.6 Å². The first-order chi connectivity index (χ1) is 9.49. The van der Waals surface area contributed by atoms with Crippen molar-refractivity contribution in [2.75, 3.05) is 18.8 Å². The van der Waals surface area contributed by atoms with Crippen LogP contribution in [0.5, 0.6) is 0 Å². The summed E-state index contributed by atoms with van der Waals surface area (Å²) in [5.41, 5.74) is 5.57. The maximum absolute atomic E-state index is 11.8. The standard InChI is InChI=1S/C14H28N2O3S/c1-2-4-12(8-9-15)6-7-14(17)16-11-13-5-3-10-20(13,18)19/h12-13H,2-11,15H2,1H3,(H,16,17). The maximum atomic E-state index is 11.8. The molecule has 20 heavy (non-hydrogen) atoms. The van der Waals surface area contributed by atoms with Crippen LogP contribution in [-0.4, -0.2) is 38.4 Å². The van der Waals surface area contributed by atoms with E-state index in [2.05, 4.69) is 12.2 Å². The Morgan fingerprint density at radius 2 is 2.10 bits per heavy atom. The average molecular weight is 304 g/mol. The second kappa shape index (κ2) is 8.62. The van der Waals surface area contributed by atoms with E-state index in [-0.39, 0.29) is 23.5 Å². The molecule has 0 spiro atoms. The van der Waals surface area contributed by atoms with E-state index in [9.17, 15) is 13.2 Å². The first-order valence-corrected chi connectivity index (χ1v) is 9.39. The molecule has 0 aromatic rings. The van der Waals surface area contributed by atoms with Gasteiger partial charge in [0.05, 0.1) is 11.0 Å². The van der Waals surface area contributed by atoms with Crippen LogP contribution >= 0.6 is 0 Å². The molecule has 5 nitrogen and oxygen atoms in total. The first kappa shape index (κ1) is 17.4. The van der Waals surface area contributed by atoms with Gasteiger partial charge in [0.2, 0.25) is 5.91 Å². The molecule has 0 saturated carbocycles. The molecule has 1 aliphatic heterocycles. The molecule has 2 atom stereocenters. The van der Waals surface area contributed by atoms with Gasteiger partial charge >= 0.3 is 0 Å². The SMILES string of the molecule is CCCC(CCN)CCC(=O)NCC1CCCS1(=O)=O. The van der Waals surface area contributed by atoms with Gasteiger partial charge < -0.3 is 11.1 Å². The predicted molar refractivity (Wildman–Crippen MR) is 81.1 cm³/mol. The fourth-order valence-corrected chi connectivity index (χ4v) is 4.58. The Bertz CT molecular complexity index is 389. The van der Waals surface area contributed by atoms with Gasteiger partial charge in [-0.05, 0) is 38.1 Å². The third-order valence-electron chi connectivity index (χ3n) is 4.04. The van der Waals surface area contributed by atoms with E-state index >= 15 is 0 Å². The lowest BCUT2D eigenvalue weighted by Crippen LogP contribution is -2.34. The van der Waals surface area contributed by atoms with E-state index in [1.165, 1.54) is 0 Å². The highest BCUT2D eigenvalue weighted by molar-refractivity contribution is 7.92. The van der Waals surface area contributed by atoms with Crippen LogP contribution in [0.25, 0.3) is 0 Å². The Morgan fingerprint density at radius 3 is 2.65 bits per heavy atom. The fraction of sp³-hybridized carbons (Fsp3) is 0.929. The summed E-state index contributed by atoms with van der Waals surface area (Å²) >= 11 is 0. The molecule has 0 aliphatic carbocycles. The Hall–Kier alpha value is -0.620. The predicted octanol–water partition coefficient (Wildman–Crippen LogP) is 1.23. The third-order valence-corrected chi connectivity index (χ3v) is 6.32. The van der Waals surface area contributed by atoms with E-state index in [4.69, 9.17) is 5.73 Å². The Kier molecular flexibility index (Phi) is 7.51. The number of amides is 1. The molecular weight excluding hydrogens is 276 g/mol. The number of sulfone groups is 1. The molecular formula is C14H28N2O3S. The smallest absolute Gasteiger partial charge is 0.220 e. The molecule has 0 aromatic heterocycles. The van der Waals surface area contributed by atoms with Crippen LogP contribution in [0.4, 0.5) is 0 Å². The molecule has 0 aromatic carbocycles. The van der Waals surface area contributed by atoms with Crippen molar-refractivity contribution in [3.05, 3.63) is 0 Å². The van der Waals surface area contributed by atoms with Crippen LogP contribution in [0.3, 0.4) is 0 Å². The second-order valence-electron chi connectivity index (χ2n) is 5.71. The van der Waals surface area contributed by atoms with Crippen molar-refractivity contribution >= 4 is 15.7 Å². The van der Waals surface area contributed by atoms with Crippen molar-refractivity contribution in [2.45, 2.75) is 57.1 Å². The molecule has 118 valence electrons. The van der Waals surface area contributed by atoms with Gasteiger partial charge in [0.15, 0.2) is 9.84 Å². The lowest BCUT2D eigenvalue weighted by atomic mass is 9.94. The molecule has 1 rings (SSSR count). The molecule has 0 bridgehead atoms. The molecule has 1 aliphatic rings. The summed E-state index contributed by atoms with van der Waals surface area (Å²) in [6.07, 6.45) is 5.87. The Morgan fingerprint density at radius 1 is 1.35 bits per heavy atom. The second-order valence-corrected chi connectivity index (χ2v) is 8.11. The number of nitrogens with one attached hydrogen (secondary N) is 1. The molecule has 1 fully saturated rings. The summed E-state index contributed by atoms with van der Waals surface area (Å²) in [5, 5.41) is 2.40. The van der Waals surface area contributed by atoms with Gasteiger partial charge in [0.25, 0.3) is 0 Å². The minimum atomic E-state index is -2.96. The number of hydrogen-bond donors (Lipinski definition) is 2. The Balaban J connectivity index is 2.26. The van der Waals surface area contributed by atoms with Crippen LogP contribution < -0.4 is 11.1 Å². The normalized spacial score (nSPS) is 22.6. The molecule has 3 N–H and O–H groups in total. The van der Waals surface area contributed by atoms with Crippen LogP contribution in [0.15, 0.2) is 0 Å². The number of carbonyl (C=O) groups excluding carboxylic acids is 1. The summed E-state index contributed by atoms with van der Waals surface area (Å²) in [6.45, 7) is 3.07. The van der Waals surface area contributed by atoms with E-state index in [0.717, 1.165) is 32.1 Å². The number of rotatable bonds is 9. The van der Waals surface area contributed by atoms with E-state index in [0.29, 0.717) is 25.3 Å². The molecule has 1 amide bonds. The van der Waals surface area contributed by atoms with Gasteiger partial charge in [-0.2, -0.15) is 0 Å². The van der Waals surface area contributed by atoms with E-state index < -0.39 is 9.84 Å². The van der Waals surface area contributed by atoms with Gasteiger partial charge in [-0.15, -0.1) is 0 Å². The highest BCUT2D eigenvalue weighted by Gasteiger charge is 2.31. The highest BCUT2D eigenvalue weighted by Crippen LogP contribution is 2.19. The lowest BCUT2D eigenvalue weighted by molar-refractivity contribution is -0.121. The largest absolute Gasteiger partial charge is 0.355 e. The zero-order chi connectivity index (χ0) is 15.0. The van der Waals surface area contributed by atoms with Gasteiger partial charge in [-0.25, -0.2) is 8.42 Å². The Labute approximate surface area is 122 Å². The van der Waals surface area contributed by atoms with Crippen molar-refractivity contribution in [3.63, 3.8) is 0 Å². The molecule has 2 unspecified atom stereocenters. The molecule has 6 heteroatoms. The van der Waals surface area contributed by atoms with Crippen LogP contribution in [0.2, 0.25) is 0 Å². The van der Waals surface area contributed by atoms with E-state index in [1.54, 1.807) is 0 Å². The topological polar surface area (TPSA) is 89.3 Å². The van der Waals surface area contributed by atoms with Gasteiger partial charge in [-0.3, -0.25) is 4.79 Å². The zero-order valence-electron chi connectivity index (χ0n) is 12.4. The summed E-state index contributed by atoms with van der Waals surface area (Å²) in [7, 11) is -2.96. The fourth-order valence-electron chi connectivity index (χ4n) is 2.82. The van der Waals surface area contributed by atoms with Gasteiger partial charge in [0, 0.05) is 13.0 Å². The lowest BCUT2D eigenvalue weighted by Gasteiger charge is -2.15. The first-order valence-electron chi connectivity index (χ1n) is 7.68. The average Bonchev–Trinajstić information content (AvgIpc) is 2.73. The third kappa shape index (κ3) is 5.79. The van der Waals surface area contributed by atoms with Crippen molar-refractivity contribution < 1.29 is 13.2 Å². The minimum absolute atomic E-state index is 0.0368. The van der Waals surface area contributed by atoms with Gasteiger partial charge in [-0.1, -0.05) is 19.8 Å². The number of hydrogen-bond acceptors (Lipinski definition) is 4. The van der Waals surface area contributed by atoms with Crippen LogP contribution in [0, 0.1) is 5.92 Å². The monoisotopic (exact) mass is 304 g/mol. The van der Waals surface area contributed by atoms with Crippen molar-refractivity contribution in [1.29, 1.82) is 0 Å². The van der Waals surface area contributed by atoms with Crippen molar-refractivity contribution in [3.8, 4) is 0 Å². The highest BCUT2D eigenvalue weighted by atomic mass is 32.2. The quantitative estimate of drug-likeness (QED) is 0.670. The summed E-state index contributed by atoms with van der Waals surface area (Å²) in [6, 6.07) is 0. The summed E-state index contributed by atoms with van der Waals surface area (Å²) in [4.78, 5) is 11.8. The number of nitrogens with two attached hydrogens (primary N) is 1. The zero-order valence-corrected chi connectivity index (χ0v) is 13.3. The van der Waals surface area contributed by atoms with Crippen LogP contribution in [0.1, 0.15) is 51.9 Å². The molecule has 1 heterocycles. The number of carbonyl (C=O) groups is 1. The maximum Gasteiger partial charge on any atom is 0.220 e. The van der Waals surface area contributed by atoms with Crippen molar-refractivity contribution in [2.24, 2.45) is 11.7 Å². The minimum Gasteiger partial charge on any atom is -0.355 e. The van der Waals surface area contributed by atoms with E-state index in [1.807, 2.05) is 0 Å². The molecule has 1 saturated heterocycles. The molecule has 0 radical (unpaired) electrons. The summed E-state index contributed by atoms with van der Waals surface area (Å²) in [5.74, 6) is 0.735.